The first-order chi connectivity index (χ1) is 12.1. The summed E-state index contributed by atoms with van der Waals surface area (Å²) in [5.74, 6) is 0.451. The molecule has 1 atom stereocenters. The molecule has 1 aliphatic rings. The molecule has 0 radical (unpaired) electrons. The van der Waals surface area contributed by atoms with Crippen LogP contribution in [0.1, 0.15) is 19.8 Å². The lowest BCUT2D eigenvalue weighted by Gasteiger charge is -2.33. The molecule has 1 heterocycles. The smallest absolute Gasteiger partial charge is 0.268 e. The van der Waals surface area contributed by atoms with Gasteiger partial charge in [-0.25, -0.2) is 0 Å². The molecule has 0 spiro atoms. The Morgan fingerprint density at radius 2 is 1.92 bits per heavy atom. The highest BCUT2D eigenvalue weighted by Gasteiger charge is 2.33. The fourth-order valence-electron chi connectivity index (χ4n) is 2.73. The van der Waals surface area contributed by atoms with Crippen LogP contribution in [-0.4, -0.2) is 24.5 Å². The van der Waals surface area contributed by atoms with E-state index < -0.39 is 6.10 Å². The third-order valence-corrected chi connectivity index (χ3v) is 4.56. The van der Waals surface area contributed by atoms with Gasteiger partial charge in [-0.3, -0.25) is 9.59 Å². The van der Waals surface area contributed by atoms with Crippen LogP contribution in [-0.2, 0) is 9.59 Å². The summed E-state index contributed by atoms with van der Waals surface area (Å²) in [7, 11) is 0. The van der Waals surface area contributed by atoms with Gasteiger partial charge in [0.25, 0.3) is 5.91 Å². The molecule has 1 unspecified atom stereocenters. The first-order valence-electron chi connectivity index (χ1n) is 8.21. The van der Waals surface area contributed by atoms with Crippen LogP contribution in [0.15, 0.2) is 53.0 Å². The van der Waals surface area contributed by atoms with E-state index in [1.165, 1.54) is 0 Å². The molecule has 25 heavy (non-hydrogen) atoms. The number of hydrogen-bond acceptors (Lipinski definition) is 3. The first kappa shape index (κ1) is 17.5. The minimum atomic E-state index is -0.496. The Kier molecular flexibility index (Phi) is 5.38. The summed E-state index contributed by atoms with van der Waals surface area (Å²) in [6.07, 6.45) is 0.311. The van der Waals surface area contributed by atoms with Gasteiger partial charge in [-0.05, 0) is 42.8 Å². The number of halogens is 1. The number of nitrogens with one attached hydrogen (secondary N) is 1. The molecule has 2 amide bonds. The minimum Gasteiger partial charge on any atom is -0.478 e. The van der Waals surface area contributed by atoms with E-state index in [0.29, 0.717) is 24.4 Å². The van der Waals surface area contributed by atoms with Crippen LogP contribution in [0, 0.1) is 0 Å². The molecule has 0 saturated carbocycles. The molecule has 6 heteroatoms. The van der Waals surface area contributed by atoms with Gasteiger partial charge in [-0.1, -0.05) is 35.0 Å². The molecule has 0 aliphatic carbocycles. The van der Waals surface area contributed by atoms with Gasteiger partial charge in [0.15, 0.2) is 6.10 Å². The summed E-state index contributed by atoms with van der Waals surface area (Å²) in [5.41, 5.74) is 1.45. The molecule has 2 aromatic rings. The number of rotatable bonds is 5. The number of hydrogen-bond donors (Lipinski definition) is 1. The van der Waals surface area contributed by atoms with Crippen LogP contribution in [0.3, 0.4) is 0 Å². The van der Waals surface area contributed by atoms with Gasteiger partial charge in [0.2, 0.25) is 5.91 Å². The largest absolute Gasteiger partial charge is 0.478 e. The normalized spacial score (nSPS) is 16.2. The number of anilines is 2. The van der Waals surface area contributed by atoms with Crippen molar-refractivity contribution in [3.05, 3.63) is 53.0 Å². The number of para-hydroxylation sites is 2. The van der Waals surface area contributed by atoms with Crippen molar-refractivity contribution in [3.63, 3.8) is 0 Å². The molecule has 0 saturated heterocycles. The Hall–Kier alpha value is -2.34. The lowest BCUT2D eigenvalue weighted by molar-refractivity contribution is -0.126. The highest BCUT2D eigenvalue weighted by molar-refractivity contribution is 9.10. The van der Waals surface area contributed by atoms with Crippen molar-refractivity contribution in [1.29, 1.82) is 0 Å². The van der Waals surface area contributed by atoms with Crippen molar-refractivity contribution >= 4 is 39.1 Å². The quantitative estimate of drug-likeness (QED) is 0.822. The van der Waals surface area contributed by atoms with Crippen LogP contribution >= 0.6 is 15.9 Å². The van der Waals surface area contributed by atoms with E-state index in [9.17, 15) is 9.59 Å². The van der Waals surface area contributed by atoms with Gasteiger partial charge < -0.3 is 15.0 Å². The van der Waals surface area contributed by atoms with Crippen molar-refractivity contribution in [1.82, 2.24) is 0 Å². The van der Waals surface area contributed by atoms with Gasteiger partial charge >= 0.3 is 0 Å². The summed E-state index contributed by atoms with van der Waals surface area (Å²) in [5, 5.41) is 2.84. The zero-order valence-electron chi connectivity index (χ0n) is 13.9. The van der Waals surface area contributed by atoms with Gasteiger partial charge in [-0.2, -0.15) is 0 Å². The van der Waals surface area contributed by atoms with Crippen LogP contribution in [0.2, 0.25) is 0 Å². The van der Waals surface area contributed by atoms with Crippen molar-refractivity contribution in [3.8, 4) is 5.75 Å². The Bertz CT molecular complexity index is 776. The van der Waals surface area contributed by atoms with Gasteiger partial charge in [0.05, 0.1) is 5.69 Å². The molecular formula is C19H19BrN2O3. The Morgan fingerprint density at radius 1 is 1.20 bits per heavy atom. The predicted octanol–water partition coefficient (Wildman–Crippen LogP) is 3.98. The van der Waals surface area contributed by atoms with Gasteiger partial charge in [0.1, 0.15) is 5.75 Å². The second-order valence-corrected chi connectivity index (χ2v) is 6.69. The molecule has 1 aliphatic heterocycles. The van der Waals surface area contributed by atoms with E-state index in [0.717, 1.165) is 10.2 Å². The third-order valence-electron chi connectivity index (χ3n) is 4.03. The molecule has 130 valence electrons. The Morgan fingerprint density at radius 3 is 2.64 bits per heavy atom. The molecule has 2 aromatic carbocycles. The fourth-order valence-corrected chi connectivity index (χ4v) is 3.00. The molecule has 1 N–H and O–H groups in total. The number of carbonyl (C=O) groups excluding carboxylic acids is 2. The molecule has 0 aromatic heterocycles. The first-order valence-corrected chi connectivity index (χ1v) is 9.00. The summed E-state index contributed by atoms with van der Waals surface area (Å²) in [6, 6.07) is 14.8. The van der Waals surface area contributed by atoms with E-state index in [1.54, 1.807) is 4.90 Å². The monoisotopic (exact) mass is 402 g/mol. The maximum atomic E-state index is 12.6. The number of nitrogens with zero attached hydrogens (tertiary/aromatic N) is 1. The SMILES string of the molecule is CCC1Oc2ccccc2N(CCC(=O)Nc2ccc(Br)cc2)C1=O. The molecule has 0 bridgehead atoms. The fraction of sp³-hybridized carbons (Fsp3) is 0.263. The van der Waals surface area contributed by atoms with Crippen LogP contribution in [0.4, 0.5) is 11.4 Å². The lowest BCUT2D eigenvalue weighted by Crippen LogP contribution is -2.46. The zero-order valence-corrected chi connectivity index (χ0v) is 15.5. The third kappa shape index (κ3) is 4.02. The second-order valence-electron chi connectivity index (χ2n) is 5.78. The van der Waals surface area contributed by atoms with E-state index in [-0.39, 0.29) is 18.2 Å². The standard InChI is InChI=1S/C19H19BrN2O3/c1-2-16-19(24)22(15-5-3-4-6-17(15)25-16)12-11-18(23)21-14-9-7-13(20)8-10-14/h3-10,16H,2,11-12H2,1H3,(H,21,23). The Labute approximate surface area is 155 Å². The lowest BCUT2D eigenvalue weighted by atomic mass is 10.1. The summed E-state index contributed by atoms with van der Waals surface area (Å²) in [4.78, 5) is 26.5. The maximum absolute atomic E-state index is 12.6. The second kappa shape index (κ2) is 7.70. The van der Waals surface area contributed by atoms with Gasteiger partial charge in [-0.15, -0.1) is 0 Å². The van der Waals surface area contributed by atoms with Gasteiger partial charge in [0, 0.05) is 23.1 Å². The molecular weight excluding hydrogens is 384 g/mol. The predicted molar refractivity (Wildman–Crippen MR) is 101 cm³/mol. The maximum Gasteiger partial charge on any atom is 0.268 e. The zero-order chi connectivity index (χ0) is 17.8. The number of ether oxygens (including phenoxy) is 1. The summed E-state index contributed by atoms with van der Waals surface area (Å²) in [6.45, 7) is 2.23. The van der Waals surface area contributed by atoms with E-state index >= 15 is 0 Å². The van der Waals surface area contributed by atoms with Crippen LogP contribution in [0.25, 0.3) is 0 Å². The number of amides is 2. The van der Waals surface area contributed by atoms with Crippen molar-refractivity contribution < 1.29 is 14.3 Å². The highest BCUT2D eigenvalue weighted by atomic mass is 79.9. The van der Waals surface area contributed by atoms with Crippen LogP contribution in [0.5, 0.6) is 5.75 Å². The minimum absolute atomic E-state index is 0.0994. The number of carbonyl (C=O) groups is 2. The van der Waals surface area contributed by atoms with Crippen LogP contribution < -0.4 is 15.0 Å². The number of fused-ring (bicyclic) bond motifs is 1. The van der Waals surface area contributed by atoms with Crippen molar-refractivity contribution in [2.75, 3.05) is 16.8 Å². The van der Waals surface area contributed by atoms with Crippen molar-refractivity contribution in [2.24, 2.45) is 0 Å². The molecule has 5 nitrogen and oxygen atoms in total. The van der Waals surface area contributed by atoms with E-state index in [1.807, 2.05) is 55.5 Å². The molecule has 0 fully saturated rings. The number of benzene rings is 2. The Balaban J connectivity index is 1.67. The summed E-state index contributed by atoms with van der Waals surface area (Å²) < 4.78 is 6.69. The molecule has 3 rings (SSSR count). The van der Waals surface area contributed by atoms with Crippen molar-refractivity contribution in [2.45, 2.75) is 25.9 Å². The average Bonchev–Trinajstić information content (AvgIpc) is 2.62. The topological polar surface area (TPSA) is 58.6 Å². The average molecular weight is 403 g/mol. The highest BCUT2D eigenvalue weighted by Crippen LogP contribution is 2.34. The summed E-state index contributed by atoms with van der Waals surface area (Å²) >= 11 is 3.36. The van der Waals surface area contributed by atoms with E-state index in [2.05, 4.69) is 21.2 Å². The van der Waals surface area contributed by atoms with E-state index in [4.69, 9.17) is 4.74 Å².